The van der Waals surface area contributed by atoms with Gasteiger partial charge in [-0.05, 0) is 70.2 Å². The number of anilines is 1. The highest BCUT2D eigenvalue weighted by Gasteiger charge is 2.22. The highest BCUT2D eigenvalue weighted by atomic mass is 79.9. The first kappa shape index (κ1) is 14.0. The maximum Gasteiger partial charge on any atom is 0.133 e. The molecule has 0 aromatic heterocycles. The van der Waals surface area contributed by atoms with Crippen LogP contribution in [0.3, 0.4) is 0 Å². The van der Waals surface area contributed by atoms with E-state index in [0.717, 1.165) is 33.2 Å². The number of benzene rings is 2. The molecule has 0 spiro atoms. The highest BCUT2D eigenvalue weighted by Crippen LogP contribution is 2.36. The molecule has 0 saturated carbocycles. The van der Waals surface area contributed by atoms with Gasteiger partial charge in [0.25, 0.3) is 0 Å². The Bertz CT molecular complexity index is 642. The van der Waals surface area contributed by atoms with Crippen molar-refractivity contribution in [1.82, 2.24) is 0 Å². The van der Waals surface area contributed by atoms with Gasteiger partial charge in [0.2, 0.25) is 0 Å². The smallest absolute Gasteiger partial charge is 0.133 e. The molecule has 1 N–H and O–H groups in total. The van der Waals surface area contributed by atoms with Crippen LogP contribution >= 0.6 is 31.9 Å². The van der Waals surface area contributed by atoms with Crippen LogP contribution in [0, 0.1) is 0 Å². The van der Waals surface area contributed by atoms with Crippen molar-refractivity contribution < 1.29 is 4.74 Å². The molecule has 3 rings (SSSR count). The first-order valence-electron chi connectivity index (χ1n) is 6.56. The number of hydrogen-bond acceptors (Lipinski definition) is 2. The first-order chi connectivity index (χ1) is 9.67. The van der Waals surface area contributed by atoms with E-state index in [2.05, 4.69) is 67.5 Å². The molecule has 1 atom stereocenters. The molecular weight excluding hydrogens is 382 g/mol. The molecule has 2 aromatic rings. The zero-order valence-corrected chi connectivity index (χ0v) is 14.3. The summed E-state index contributed by atoms with van der Waals surface area (Å²) in [5.74, 6) is 0.853. The molecule has 0 fully saturated rings. The minimum Gasteiger partial charge on any atom is -0.496 e. The molecule has 0 amide bonds. The van der Waals surface area contributed by atoms with E-state index in [1.165, 1.54) is 11.1 Å². The number of rotatable bonds is 3. The lowest BCUT2D eigenvalue weighted by Gasteiger charge is -2.16. The molecular formula is C16H15Br2NO. The van der Waals surface area contributed by atoms with Gasteiger partial charge < -0.3 is 10.1 Å². The Morgan fingerprint density at radius 1 is 1.15 bits per heavy atom. The second kappa shape index (κ2) is 5.78. The fraction of sp³-hybridized carbons (Fsp3) is 0.250. The zero-order chi connectivity index (χ0) is 14.1. The Balaban J connectivity index is 1.82. The van der Waals surface area contributed by atoms with E-state index in [0.29, 0.717) is 6.04 Å². The summed E-state index contributed by atoms with van der Waals surface area (Å²) in [4.78, 5) is 0. The quantitative estimate of drug-likeness (QED) is 0.757. The van der Waals surface area contributed by atoms with Gasteiger partial charge in [0.15, 0.2) is 0 Å². The lowest BCUT2D eigenvalue weighted by molar-refractivity contribution is 0.412. The number of fused-ring (bicyclic) bond motifs is 1. The van der Waals surface area contributed by atoms with Crippen molar-refractivity contribution >= 4 is 37.5 Å². The number of aryl methyl sites for hydroxylation is 1. The minimum atomic E-state index is 0.387. The van der Waals surface area contributed by atoms with Gasteiger partial charge in [0.05, 0.1) is 17.6 Å². The molecule has 4 heteroatoms. The predicted molar refractivity (Wildman–Crippen MR) is 89.5 cm³/mol. The third-order valence-corrected chi connectivity index (χ3v) is 4.79. The fourth-order valence-electron chi connectivity index (χ4n) is 2.69. The van der Waals surface area contributed by atoms with Crippen molar-refractivity contribution in [2.75, 3.05) is 12.4 Å². The Kier molecular flexibility index (Phi) is 4.03. The normalized spacial score (nSPS) is 16.9. The average Bonchev–Trinajstić information content (AvgIpc) is 2.81. The second-order valence-electron chi connectivity index (χ2n) is 4.93. The monoisotopic (exact) mass is 395 g/mol. The van der Waals surface area contributed by atoms with Crippen LogP contribution in [0.25, 0.3) is 0 Å². The number of ether oxygens (including phenoxy) is 1. The first-order valence-corrected chi connectivity index (χ1v) is 8.14. The molecule has 2 aromatic carbocycles. The van der Waals surface area contributed by atoms with Gasteiger partial charge in [-0.2, -0.15) is 0 Å². The Labute approximate surface area is 135 Å². The molecule has 0 heterocycles. The van der Waals surface area contributed by atoms with E-state index in [9.17, 15) is 0 Å². The summed E-state index contributed by atoms with van der Waals surface area (Å²) >= 11 is 7.06. The lowest BCUT2D eigenvalue weighted by atomic mass is 10.1. The van der Waals surface area contributed by atoms with Crippen molar-refractivity contribution in [3.63, 3.8) is 0 Å². The summed E-state index contributed by atoms with van der Waals surface area (Å²) in [6.07, 6.45) is 2.26. The molecule has 2 nitrogen and oxygen atoms in total. The van der Waals surface area contributed by atoms with Gasteiger partial charge in [-0.3, -0.25) is 0 Å². The third-order valence-electron chi connectivity index (χ3n) is 3.68. The van der Waals surface area contributed by atoms with Crippen LogP contribution < -0.4 is 10.1 Å². The van der Waals surface area contributed by atoms with Crippen LogP contribution in [-0.2, 0) is 6.42 Å². The van der Waals surface area contributed by atoms with E-state index < -0.39 is 0 Å². The van der Waals surface area contributed by atoms with E-state index in [4.69, 9.17) is 4.74 Å². The van der Waals surface area contributed by atoms with Crippen LogP contribution in [0.2, 0.25) is 0 Å². The van der Waals surface area contributed by atoms with Gasteiger partial charge in [-0.25, -0.2) is 0 Å². The number of halogens is 2. The lowest BCUT2D eigenvalue weighted by Crippen LogP contribution is -2.07. The highest BCUT2D eigenvalue weighted by molar-refractivity contribution is 9.10. The Hall–Kier alpha value is -1.00. The number of methoxy groups -OCH3 is 1. The SMILES string of the molecule is COc1ccc(NC2CCc3cc(Br)ccc32)cc1Br. The van der Waals surface area contributed by atoms with Gasteiger partial charge in [-0.1, -0.05) is 22.0 Å². The molecule has 1 unspecified atom stereocenters. The number of hydrogen-bond donors (Lipinski definition) is 1. The summed E-state index contributed by atoms with van der Waals surface area (Å²) in [5, 5.41) is 3.61. The fourth-order valence-corrected chi connectivity index (χ4v) is 3.64. The van der Waals surface area contributed by atoms with E-state index in [1.807, 2.05) is 6.07 Å². The van der Waals surface area contributed by atoms with Gasteiger partial charge >= 0.3 is 0 Å². The van der Waals surface area contributed by atoms with Gasteiger partial charge in [0.1, 0.15) is 5.75 Å². The predicted octanol–water partition coefficient (Wildman–Crippen LogP) is 5.32. The second-order valence-corrected chi connectivity index (χ2v) is 6.70. The van der Waals surface area contributed by atoms with Crippen molar-refractivity contribution in [2.45, 2.75) is 18.9 Å². The van der Waals surface area contributed by atoms with E-state index in [-0.39, 0.29) is 0 Å². The molecule has 0 radical (unpaired) electrons. The summed E-state index contributed by atoms with van der Waals surface area (Å²) < 4.78 is 7.39. The molecule has 20 heavy (non-hydrogen) atoms. The van der Waals surface area contributed by atoms with Crippen LogP contribution in [0.15, 0.2) is 45.3 Å². The summed E-state index contributed by atoms with van der Waals surface area (Å²) in [6, 6.07) is 13.0. The maximum absolute atomic E-state index is 5.26. The molecule has 104 valence electrons. The largest absolute Gasteiger partial charge is 0.496 e. The third kappa shape index (κ3) is 2.72. The zero-order valence-electron chi connectivity index (χ0n) is 11.1. The molecule has 0 bridgehead atoms. The van der Waals surface area contributed by atoms with Crippen LogP contribution in [0.4, 0.5) is 5.69 Å². The molecule has 1 aliphatic carbocycles. The molecule has 0 aliphatic heterocycles. The summed E-state index contributed by atoms with van der Waals surface area (Å²) in [6.45, 7) is 0. The maximum atomic E-state index is 5.26. The Morgan fingerprint density at radius 3 is 2.75 bits per heavy atom. The van der Waals surface area contributed by atoms with Gasteiger partial charge in [0, 0.05) is 10.2 Å². The van der Waals surface area contributed by atoms with E-state index in [1.54, 1.807) is 7.11 Å². The molecule has 0 saturated heterocycles. The number of nitrogens with one attached hydrogen (secondary N) is 1. The molecule has 1 aliphatic rings. The van der Waals surface area contributed by atoms with Crippen molar-refractivity contribution in [1.29, 1.82) is 0 Å². The topological polar surface area (TPSA) is 21.3 Å². The van der Waals surface area contributed by atoms with Crippen LogP contribution in [-0.4, -0.2) is 7.11 Å². The van der Waals surface area contributed by atoms with Crippen LogP contribution in [0.5, 0.6) is 5.75 Å². The summed E-state index contributed by atoms with van der Waals surface area (Å²) in [7, 11) is 1.68. The minimum absolute atomic E-state index is 0.387. The van der Waals surface area contributed by atoms with Crippen LogP contribution in [0.1, 0.15) is 23.6 Å². The van der Waals surface area contributed by atoms with Crippen molar-refractivity contribution in [3.8, 4) is 5.75 Å². The van der Waals surface area contributed by atoms with Crippen molar-refractivity contribution in [2.24, 2.45) is 0 Å². The van der Waals surface area contributed by atoms with Crippen molar-refractivity contribution in [3.05, 3.63) is 56.5 Å². The van der Waals surface area contributed by atoms with Gasteiger partial charge in [-0.15, -0.1) is 0 Å². The Morgan fingerprint density at radius 2 is 2.00 bits per heavy atom. The van der Waals surface area contributed by atoms with E-state index >= 15 is 0 Å². The average molecular weight is 397 g/mol. The summed E-state index contributed by atoms with van der Waals surface area (Å²) in [5.41, 5.74) is 3.95. The standard InChI is InChI=1S/C16H15Br2NO/c1-20-16-7-4-12(9-14(16)18)19-15-6-2-10-8-11(17)3-5-13(10)15/h3-5,7-9,15,19H,2,6H2,1H3.